The zero-order chi connectivity index (χ0) is 11.5. The fourth-order valence-electron chi connectivity index (χ4n) is 1.24. The van der Waals surface area contributed by atoms with Crippen molar-refractivity contribution in [2.75, 3.05) is 12.9 Å². The van der Waals surface area contributed by atoms with Crippen molar-refractivity contribution in [2.24, 2.45) is 0 Å². The molecule has 0 saturated carbocycles. The van der Waals surface area contributed by atoms with E-state index in [0.29, 0.717) is 11.6 Å². The van der Waals surface area contributed by atoms with Crippen LogP contribution in [0.25, 0.3) is 0 Å². The van der Waals surface area contributed by atoms with E-state index in [1.165, 1.54) is 0 Å². The third-order valence-corrected chi connectivity index (χ3v) is 3.34. The van der Waals surface area contributed by atoms with Gasteiger partial charge < -0.3 is 5.11 Å². The summed E-state index contributed by atoms with van der Waals surface area (Å²) in [7, 11) is 2.03. The number of phenolic OH excluding ortho intramolecular Hbond substituents is 1. The lowest BCUT2D eigenvalue weighted by Crippen LogP contribution is -2.42. The first-order chi connectivity index (χ1) is 6.95. The molecule has 1 N–H and O–H groups in total. The normalized spacial score (nSPS) is 12.1. The standard InChI is InChI=1S/C12H18ClNO/c1-12(2,9-13)14(3)8-10-5-4-6-11(15)7-10/h4-7,15H,8-9H2,1-3H3. The number of alkyl halides is 1. The van der Waals surface area contributed by atoms with E-state index in [-0.39, 0.29) is 5.54 Å². The van der Waals surface area contributed by atoms with Crippen molar-refractivity contribution in [2.45, 2.75) is 25.9 Å². The van der Waals surface area contributed by atoms with Crippen LogP contribution in [0.2, 0.25) is 0 Å². The van der Waals surface area contributed by atoms with Gasteiger partial charge in [-0.2, -0.15) is 0 Å². The summed E-state index contributed by atoms with van der Waals surface area (Å²) in [5, 5.41) is 9.34. The smallest absolute Gasteiger partial charge is 0.115 e. The molecule has 0 fully saturated rings. The lowest BCUT2D eigenvalue weighted by Gasteiger charge is -2.33. The van der Waals surface area contributed by atoms with Gasteiger partial charge >= 0.3 is 0 Å². The quantitative estimate of drug-likeness (QED) is 0.800. The predicted octanol–water partition coefficient (Wildman–Crippen LogP) is 2.84. The molecule has 1 aromatic carbocycles. The third-order valence-electron chi connectivity index (χ3n) is 2.69. The van der Waals surface area contributed by atoms with Crippen molar-refractivity contribution >= 4 is 11.6 Å². The number of nitrogens with zero attached hydrogens (tertiary/aromatic N) is 1. The summed E-state index contributed by atoms with van der Waals surface area (Å²) in [6.45, 7) is 4.99. The van der Waals surface area contributed by atoms with Gasteiger partial charge in [-0.05, 0) is 38.6 Å². The van der Waals surface area contributed by atoms with Crippen LogP contribution < -0.4 is 0 Å². The topological polar surface area (TPSA) is 23.5 Å². The van der Waals surface area contributed by atoms with Gasteiger partial charge in [0, 0.05) is 18.0 Å². The molecule has 15 heavy (non-hydrogen) atoms. The molecule has 84 valence electrons. The maximum absolute atomic E-state index is 9.34. The minimum Gasteiger partial charge on any atom is -0.508 e. The molecule has 0 saturated heterocycles. The lowest BCUT2D eigenvalue weighted by atomic mass is 10.1. The summed E-state index contributed by atoms with van der Waals surface area (Å²) < 4.78 is 0. The lowest BCUT2D eigenvalue weighted by molar-refractivity contribution is 0.170. The van der Waals surface area contributed by atoms with E-state index in [2.05, 4.69) is 18.7 Å². The Morgan fingerprint density at radius 1 is 1.40 bits per heavy atom. The van der Waals surface area contributed by atoms with Gasteiger partial charge in [-0.1, -0.05) is 12.1 Å². The van der Waals surface area contributed by atoms with Gasteiger partial charge in [-0.25, -0.2) is 0 Å². The Morgan fingerprint density at radius 3 is 2.60 bits per heavy atom. The number of hydrogen-bond donors (Lipinski definition) is 1. The molecule has 0 spiro atoms. The fraction of sp³-hybridized carbons (Fsp3) is 0.500. The molecule has 0 radical (unpaired) electrons. The van der Waals surface area contributed by atoms with Crippen molar-refractivity contribution in [1.29, 1.82) is 0 Å². The number of aromatic hydroxyl groups is 1. The minimum absolute atomic E-state index is 0.0347. The molecule has 1 aromatic rings. The van der Waals surface area contributed by atoms with Gasteiger partial charge in [-0.15, -0.1) is 11.6 Å². The minimum atomic E-state index is -0.0347. The van der Waals surface area contributed by atoms with E-state index in [9.17, 15) is 5.11 Å². The zero-order valence-electron chi connectivity index (χ0n) is 9.50. The van der Waals surface area contributed by atoms with E-state index in [1.807, 2.05) is 19.2 Å². The third kappa shape index (κ3) is 3.40. The van der Waals surface area contributed by atoms with Crippen LogP contribution >= 0.6 is 11.6 Å². The summed E-state index contributed by atoms with van der Waals surface area (Å²) in [5.41, 5.74) is 1.06. The number of rotatable bonds is 4. The van der Waals surface area contributed by atoms with Crippen LogP contribution in [0.5, 0.6) is 5.75 Å². The molecular formula is C12H18ClNO. The van der Waals surface area contributed by atoms with Gasteiger partial charge in [0.2, 0.25) is 0 Å². The molecule has 0 amide bonds. The Morgan fingerprint density at radius 2 is 2.07 bits per heavy atom. The summed E-state index contributed by atoms with van der Waals surface area (Å²) in [6.07, 6.45) is 0. The van der Waals surface area contributed by atoms with Crippen LogP contribution in [0.3, 0.4) is 0 Å². The largest absolute Gasteiger partial charge is 0.508 e. The molecule has 0 aliphatic heterocycles. The average molecular weight is 228 g/mol. The first-order valence-electron chi connectivity index (χ1n) is 5.01. The Kier molecular flexibility index (Phi) is 4.00. The SMILES string of the molecule is CN(Cc1cccc(O)c1)C(C)(C)CCl. The van der Waals surface area contributed by atoms with Crippen LogP contribution in [0.15, 0.2) is 24.3 Å². The van der Waals surface area contributed by atoms with Crippen molar-refractivity contribution in [3.8, 4) is 5.75 Å². The number of benzene rings is 1. The van der Waals surface area contributed by atoms with Crippen LogP contribution in [0, 0.1) is 0 Å². The summed E-state index contributed by atoms with van der Waals surface area (Å²) in [5.74, 6) is 0.895. The number of phenols is 1. The molecule has 0 bridgehead atoms. The van der Waals surface area contributed by atoms with Crippen LogP contribution in [-0.2, 0) is 6.54 Å². The van der Waals surface area contributed by atoms with E-state index >= 15 is 0 Å². The molecule has 0 aliphatic carbocycles. The van der Waals surface area contributed by atoms with Gasteiger partial charge in [0.25, 0.3) is 0 Å². The van der Waals surface area contributed by atoms with Crippen molar-refractivity contribution in [1.82, 2.24) is 4.90 Å². The predicted molar refractivity (Wildman–Crippen MR) is 64.4 cm³/mol. The van der Waals surface area contributed by atoms with Gasteiger partial charge in [0.1, 0.15) is 5.75 Å². The molecule has 2 nitrogen and oxygen atoms in total. The van der Waals surface area contributed by atoms with E-state index in [0.717, 1.165) is 12.1 Å². The van der Waals surface area contributed by atoms with E-state index in [1.54, 1.807) is 12.1 Å². The second-order valence-corrected chi connectivity index (χ2v) is 4.74. The van der Waals surface area contributed by atoms with Crippen molar-refractivity contribution in [3.05, 3.63) is 29.8 Å². The van der Waals surface area contributed by atoms with Crippen LogP contribution in [0.4, 0.5) is 0 Å². The summed E-state index contributed by atoms with van der Waals surface area (Å²) in [4.78, 5) is 2.18. The Hall–Kier alpha value is -0.730. The van der Waals surface area contributed by atoms with Gasteiger partial charge in [0.05, 0.1) is 0 Å². The van der Waals surface area contributed by atoms with Gasteiger partial charge in [0.15, 0.2) is 0 Å². The summed E-state index contributed by atoms with van der Waals surface area (Å²) in [6, 6.07) is 7.31. The maximum atomic E-state index is 9.34. The Bertz CT molecular complexity index is 325. The molecule has 0 atom stereocenters. The molecule has 0 unspecified atom stereocenters. The molecule has 0 heterocycles. The number of hydrogen-bond acceptors (Lipinski definition) is 2. The molecule has 0 aromatic heterocycles. The average Bonchev–Trinajstić information content (AvgIpc) is 2.17. The molecular weight excluding hydrogens is 210 g/mol. The maximum Gasteiger partial charge on any atom is 0.115 e. The second-order valence-electron chi connectivity index (χ2n) is 4.47. The molecule has 0 aliphatic rings. The summed E-state index contributed by atoms with van der Waals surface area (Å²) >= 11 is 5.89. The Labute approximate surface area is 96.5 Å². The van der Waals surface area contributed by atoms with Crippen molar-refractivity contribution < 1.29 is 5.11 Å². The zero-order valence-corrected chi connectivity index (χ0v) is 10.3. The van der Waals surface area contributed by atoms with E-state index in [4.69, 9.17) is 11.6 Å². The van der Waals surface area contributed by atoms with Gasteiger partial charge in [-0.3, -0.25) is 4.90 Å². The highest BCUT2D eigenvalue weighted by molar-refractivity contribution is 6.18. The van der Waals surface area contributed by atoms with Crippen molar-refractivity contribution in [3.63, 3.8) is 0 Å². The highest BCUT2D eigenvalue weighted by Gasteiger charge is 2.22. The Balaban J connectivity index is 2.70. The van der Waals surface area contributed by atoms with E-state index < -0.39 is 0 Å². The first kappa shape index (κ1) is 12.3. The number of halogens is 1. The highest BCUT2D eigenvalue weighted by Crippen LogP contribution is 2.19. The van der Waals surface area contributed by atoms with Crippen LogP contribution in [0.1, 0.15) is 19.4 Å². The second kappa shape index (κ2) is 4.86. The monoisotopic (exact) mass is 227 g/mol. The van der Waals surface area contributed by atoms with Crippen LogP contribution in [-0.4, -0.2) is 28.5 Å². The molecule has 3 heteroatoms. The highest BCUT2D eigenvalue weighted by atomic mass is 35.5. The molecule has 1 rings (SSSR count). The fourth-order valence-corrected chi connectivity index (χ4v) is 1.45. The first-order valence-corrected chi connectivity index (χ1v) is 5.54.